The number of halogens is 1. The lowest BCUT2D eigenvalue weighted by Gasteiger charge is -2.04. The highest BCUT2D eigenvalue weighted by molar-refractivity contribution is 5.43. The van der Waals surface area contributed by atoms with Crippen LogP contribution in [-0.4, -0.2) is 11.2 Å². The van der Waals surface area contributed by atoms with Crippen molar-refractivity contribution >= 4 is 11.4 Å². The molecule has 5 nitrogen and oxygen atoms in total. The Morgan fingerprint density at radius 1 is 0.750 bits per heavy atom. The van der Waals surface area contributed by atoms with Crippen molar-refractivity contribution in [2.24, 2.45) is 10.2 Å². The molecule has 0 saturated heterocycles. The summed E-state index contributed by atoms with van der Waals surface area (Å²) in [6.45, 7) is 6.91. The van der Waals surface area contributed by atoms with Gasteiger partial charge in [0, 0.05) is 0 Å². The van der Waals surface area contributed by atoms with Crippen molar-refractivity contribution < 1.29 is 26.3 Å². The van der Waals surface area contributed by atoms with E-state index in [0.717, 1.165) is 30.2 Å². The fourth-order valence-electron chi connectivity index (χ4n) is 4.09. The third-order valence-electron chi connectivity index (χ3n) is 6.29. The molecular formula is C30H43BrN4O. The Labute approximate surface area is 228 Å². The van der Waals surface area contributed by atoms with E-state index < -0.39 is 0 Å². The zero-order chi connectivity index (χ0) is 24.6. The Morgan fingerprint density at radius 3 is 1.92 bits per heavy atom. The van der Waals surface area contributed by atoms with E-state index in [1.165, 1.54) is 69.8 Å². The van der Waals surface area contributed by atoms with Gasteiger partial charge < -0.3 is 21.7 Å². The highest BCUT2D eigenvalue weighted by atomic mass is 79.9. The van der Waals surface area contributed by atoms with Crippen LogP contribution in [0, 0.1) is 6.92 Å². The molecule has 0 bridgehead atoms. The molecule has 0 unspecified atom stereocenters. The van der Waals surface area contributed by atoms with Crippen molar-refractivity contribution in [3.63, 3.8) is 0 Å². The first kappa shape index (κ1) is 29.8. The Balaban J connectivity index is 0.00000456. The topological polar surface area (TPSA) is 42.8 Å². The van der Waals surface area contributed by atoms with Gasteiger partial charge in [-0.2, -0.15) is 10.2 Å². The Bertz CT molecular complexity index is 983. The largest absolute Gasteiger partial charge is 1.00 e. The van der Waals surface area contributed by atoms with E-state index >= 15 is 0 Å². The first-order chi connectivity index (χ1) is 17.2. The zero-order valence-corrected chi connectivity index (χ0v) is 23.7. The summed E-state index contributed by atoms with van der Waals surface area (Å²) in [6, 6.07) is 15.8. The summed E-state index contributed by atoms with van der Waals surface area (Å²) in [6.07, 6.45) is 20.3. The summed E-state index contributed by atoms with van der Waals surface area (Å²) in [7, 11) is 0. The van der Waals surface area contributed by atoms with Gasteiger partial charge >= 0.3 is 0 Å². The van der Waals surface area contributed by atoms with Gasteiger partial charge in [-0.05, 0) is 56.2 Å². The van der Waals surface area contributed by atoms with Crippen LogP contribution in [0.5, 0.6) is 5.75 Å². The van der Waals surface area contributed by atoms with Gasteiger partial charge in [-0.15, -0.1) is 0 Å². The number of imidazole rings is 1. The van der Waals surface area contributed by atoms with Crippen LogP contribution in [0.3, 0.4) is 0 Å². The second-order valence-corrected chi connectivity index (χ2v) is 9.45. The molecule has 36 heavy (non-hydrogen) atoms. The van der Waals surface area contributed by atoms with Gasteiger partial charge in [-0.1, -0.05) is 76.0 Å². The highest BCUT2D eigenvalue weighted by Gasteiger charge is 2.04. The van der Waals surface area contributed by atoms with Crippen molar-refractivity contribution in [1.29, 1.82) is 0 Å². The number of azo groups is 1. The SMILES string of the molecule is CCCCCCCCCCCC[n+]1ccn(CCOc2ccc(N=Nc3ccc(C)cc3)cc2)c1.[Br-]. The van der Waals surface area contributed by atoms with Gasteiger partial charge in [-0.3, -0.25) is 0 Å². The number of unbranched alkanes of at least 4 members (excludes halogenated alkanes) is 9. The van der Waals surface area contributed by atoms with Gasteiger partial charge in [0.1, 0.15) is 31.3 Å². The Kier molecular flexibility index (Phi) is 14.8. The molecule has 0 saturated carbocycles. The smallest absolute Gasteiger partial charge is 0.243 e. The first-order valence-corrected chi connectivity index (χ1v) is 13.5. The van der Waals surface area contributed by atoms with Gasteiger partial charge in [0.2, 0.25) is 6.33 Å². The normalized spacial score (nSPS) is 11.1. The number of aryl methyl sites for hydroxylation is 2. The molecule has 196 valence electrons. The third-order valence-corrected chi connectivity index (χ3v) is 6.29. The molecule has 0 amide bonds. The van der Waals surface area contributed by atoms with Gasteiger partial charge in [0.25, 0.3) is 0 Å². The molecule has 0 aliphatic carbocycles. The minimum Gasteiger partial charge on any atom is -1.00 e. The second kappa shape index (κ2) is 17.9. The molecule has 0 radical (unpaired) electrons. The van der Waals surface area contributed by atoms with Crippen LogP contribution in [-0.2, 0) is 13.1 Å². The summed E-state index contributed by atoms with van der Waals surface area (Å²) in [5.74, 6) is 0.852. The lowest BCUT2D eigenvalue weighted by Crippen LogP contribution is -3.00. The fourth-order valence-corrected chi connectivity index (χ4v) is 4.09. The third kappa shape index (κ3) is 12.0. The van der Waals surface area contributed by atoms with Gasteiger partial charge in [0.15, 0.2) is 0 Å². The summed E-state index contributed by atoms with van der Waals surface area (Å²) >= 11 is 0. The molecule has 1 aromatic heterocycles. The lowest BCUT2D eigenvalue weighted by molar-refractivity contribution is -0.696. The Hall–Kier alpha value is -2.47. The molecule has 6 heteroatoms. The quantitative estimate of drug-likeness (QED) is 0.123. The molecule has 0 fully saturated rings. The van der Waals surface area contributed by atoms with E-state index in [4.69, 9.17) is 4.74 Å². The number of nitrogens with zero attached hydrogens (tertiary/aromatic N) is 4. The van der Waals surface area contributed by atoms with E-state index in [1.807, 2.05) is 48.5 Å². The molecule has 0 aliphatic heterocycles. The summed E-state index contributed by atoms with van der Waals surface area (Å²) in [5, 5.41) is 8.58. The van der Waals surface area contributed by atoms with Gasteiger partial charge in [0.05, 0.1) is 17.9 Å². The van der Waals surface area contributed by atoms with Crippen LogP contribution < -0.4 is 26.3 Å². The van der Waals surface area contributed by atoms with E-state index in [0.29, 0.717) is 6.61 Å². The van der Waals surface area contributed by atoms with E-state index in [1.54, 1.807) is 0 Å². The average molecular weight is 556 g/mol. The standard InChI is InChI=1S/C30H43N4O.BrH/c1-3-4-5-6-7-8-9-10-11-12-21-33-22-23-34(26-33)24-25-35-30-19-17-29(18-20-30)32-31-28-15-13-27(2)14-16-28;/h13-20,22-23,26H,3-12,21,24-25H2,1-2H3;1H/q+1;/p-1. The average Bonchev–Trinajstić information content (AvgIpc) is 3.33. The summed E-state index contributed by atoms with van der Waals surface area (Å²) in [4.78, 5) is 0. The highest BCUT2D eigenvalue weighted by Crippen LogP contribution is 2.21. The molecule has 0 atom stereocenters. The molecule has 0 aliphatic rings. The second-order valence-electron chi connectivity index (χ2n) is 9.45. The maximum absolute atomic E-state index is 5.91. The molecule has 2 aromatic carbocycles. The molecule has 0 N–H and O–H groups in total. The maximum Gasteiger partial charge on any atom is 0.243 e. The zero-order valence-electron chi connectivity index (χ0n) is 22.1. The minimum atomic E-state index is 0. The van der Waals surface area contributed by atoms with E-state index in [-0.39, 0.29) is 17.0 Å². The number of ether oxygens (including phenoxy) is 1. The number of rotatable bonds is 17. The minimum absolute atomic E-state index is 0. The predicted octanol–water partition coefficient (Wildman–Crippen LogP) is 5.50. The number of aromatic nitrogens is 2. The van der Waals surface area contributed by atoms with E-state index in [9.17, 15) is 0 Å². The predicted molar refractivity (Wildman–Crippen MR) is 144 cm³/mol. The van der Waals surface area contributed by atoms with Crippen LogP contribution in [0.1, 0.15) is 76.7 Å². The fraction of sp³-hybridized carbons (Fsp3) is 0.500. The van der Waals surface area contributed by atoms with Crippen molar-refractivity contribution in [2.75, 3.05) is 6.61 Å². The van der Waals surface area contributed by atoms with Crippen LogP contribution >= 0.6 is 0 Å². The molecule has 0 spiro atoms. The molecule has 1 heterocycles. The van der Waals surface area contributed by atoms with Crippen molar-refractivity contribution in [2.45, 2.75) is 91.1 Å². The van der Waals surface area contributed by atoms with Crippen LogP contribution in [0.25, 0.3) is 0 Å². The van der Waals surface area contributed by atoms with Crippen LogP contribution in [0.2, 0.25) is 0 Å². The molecule has 3 aromatic rings. The van der Waals surface area contributed by atoms with Crippen molar-refractivity contribution in [3.8, 4) is 5.75 Å². The molecular weight excluding hydrogens is 512 g/mol. The maximum atomic E-state index is 5.91. The van der Waals surface area contributed by atoms with Crippen molar-refractivity contribution in [1.82, 2.24) is 4.57 Å². The number of hydrogen-bond acceptors (Lipinski definition) is 3. The summed E-state index contributed by atoms with van der Waals surface area (Å²) < 4.78 is 10.4. The first-order valence-electron chi connectivity index (χ1n) is 13.5. The van der Waals surface area contributed by atoms with E-state index in [2.05, 4.69) is 51.9 Å². The monoisotopic (exact) mass is 554 g/mol. The number of hydrogen-bond donors (Lipinski definition) is 0. The van der Waals surface area contributed by atoms with Crippen molar-refractivity contribution in [3.05, 3.63) is 72.8 Å². The lowest BCUT2D eigenvalue weighted by atomic mass is 10.1. The van der Waals surface area contributed by atoms with Crippen LogP contribution in [0.4, 0.5) is 11.4 Å². The van der Waals surface area contributed by atoms with Crippen LogP contribution in [0.15, 0.2) is 77.5 Å². The van der Waals surface area contributed by atoms with Gasteiger partial charge in [-0.25, -0.2) is 9.13 Å². The molecule has 3 rings (SSSR count). The number of benzene rings is 2. The summed E-state index contributed by atoms with van der Waals surface area (Å²) in [5.41, 5.74) is 2.89. The Morgan fingerprint density at radius 2 is 1.31 bits per heavy atom.